The van der Waals surface area contributed by atoms with Gasteiger partial charge in [0.05, 0.1) is 5.92 Å². The molecule has 0 radical (unpaired) electrons. The third-order valence-corrected chi connectivity index (χ3v) is 6.60. The summed E-state index contributed by atoms with van der Waals surface area (Å²) in [6.45, 7) is 0. The minimum absolute atomic E-state index is 0.0847. The van der Waals surface area contributed by atoms with E-state index in [1.54, 1.807) is 0 Å². The minimum atomic E-state index is -0.587. The number of rotatable bonds is 4. The molecule has 3 heteroatoms. The molecular formula is C19H33NO2. The second kappa shape index (κ2) is 7.81. The van der Waals surface area contributed by atoms with E-state index in [1.165, 1.54) is 57.8 Å². The van der Waals surface area contributed by atoms with Crippen molar-refractivity contribution in [2.75, 3.05) is 0 Å². The van der Waals surface area contributed by atoms with Gasteiger partial charge in [0.15, 0.2) is 0 Å². The highest BCUT2D eigenvalue weighted by Crippen LogP contribution is 2.39. The molecule has 3 nitrogen and oxygen atoms in total. The lowest BCUT2D eigenvalue weighted by atomic mass is 9.70. The summed E-state index contributed by atoms with van der Waals surface area (Å²) in [6.07, 6.45) is 16.7. The molecule has 0 bridgehead atoms. The second-order valence-corrected chi connectivity index (χ2v) is 8.01. The zero-order valence-electron chi connectivity index (χ0n) is 13.9. The van der Waals surface area contributed by atoms with Crippen molar-refractivity contribution in [2.45, 2.75) is 95.6 Å². The molecular weight excluding hydrogens is 274 g/mol. The first kappa shape index (κ1) is 16.3. The number of hydrogen-bond acceptors (Lipinski definition) is 2. The minimum Gasteiger partial charge on any atom is -0.481 e. The zero-order chi connectivity index (χ0) is 15.4. The Labute approximate surface area is 135 Å². The zero-order valence-corrected chi connectivity index (χ0v) is 13.9. The van der Waals surface area contributed by atoms with Crippen LogP contribution >= 0.6 is 0 Å². The molecule has 0 saturated heterocycles. The summed E-state index contributed by atoms with van der Waals surface area (Å²) in [5.74, 6) is 1.18. The average Bonchev–Trinajstić information content (AvgIpc) is 2.57. The Morgan fingerprint density at radius 1 is 0.773 bits per heavy atom. The number of carboxylic acids is 1. The van der Waals surface area contributed by atoms with Gasteiger partial charge in [0.1, 0.15) is 0 Å². The maximum Gasteiger partial charge on any atom is 0.306 e. The Kier molecular flexibility index (Phi) is 5.78. The van der Waals surface area contributed by atoms with Crippen molar-refractivity contribution in [1.82, 2.24) is 5.32 Å². The van der Waals surface area contributed by atoms with Gasteiger partial charge in [-0.15, -0.1) is 0 Å². The largest absolute Gasteiger partial charge is 0.481 e. The van der Waals surface area contributed by atoms with Crippen LogP contribution in [-0.4, -0.2) is 23.2 Å². The van der Waals surface area contributed by atoms with E-state index < -0.39 is 5.97 Å². The Balaban J connectivity index is 1.52. The predicted molar refractivity (Wildman–Crippen MR) is 88.8 cm³/mol. The molecule has 0 amide bonds. The third-order valence-electron chi connectivity index (χ3n) is 6.60. The molecule has 0 aromatic carbocycles. The monoisotopic (exact) mass is 307 g/mol. The highest BCUT2D eigenvalue weighted by atomic mass is 16.4. The first-order valence-corrected chi connectivity index (χ1v) is 9.73. The molecule has 0 spiro atoms. The Bertz CT molecular complexity index is 356. The van der Waals surface area contributed by atoms with E-state index in [9.17, 15) is 4.79 Å². The van der Waals surface area contributed by atoms with E-state index in [1.807, 2.05) is 0 Å². The van der Waals surface area contributed by atoms with Crippen LogP contribution in [0, 0.1) is 17.8 Å². The number of nitrogens with one attached hydrogen (secondary N) is 1. The van der Waals surface area contributed by atoms with Gasteiger partial charge >= 0.3 is 5.97 Å². The van der Waals surface area contributed by atoms with Crippen LogP contribution in [-0.2, 0) is 4.79 Å². The topological polar surface area (TPSA) is 49.3 Å². The fourth-order valence-electron chi connectivity index (χ4n) is 5.30. The van der Waals surface area contributed by atoms with Crippen LogP contribution in [0.4, 0.5) is 0 Å². The van der Waals surface area contributed by atoms with E-state index in [2.05, 4.69) is 5.32 Å². The van der Waals surface area contributed by atoms with Gasteiger partial charge in [-0.25, -0.2) is 0 Å². The number of hydrogen-bond donors (Lipinski definition) is 2. The van der Waals surface area contributed by atoms with Gasteiger partial charge in [0.25, 0.3) is 0 Å². The molecule has 2 atom stereocenters. The standard InChI is InChI=1S/C19H33NO2/c21-19(22)15-10-12-16(13-11-15)20-18-9-5-4-8-17(18)14-6-2-1-3-7-14/h14-18,20H,1-13H2,(H,21,22). The van der Waals surface area contributed by atoms with Crippen LogP contribution in [0.5, 0.6) is 0 Å². The van der Waals surface area contributed by atoms with Crippen molar-refractivity contribution in [2.24, 2.45) is 17.8 Å². The Morgan fingerprint density at radius 3 is 2.09 bits per heavy atom. The number of carbonyl (C=O) groups is 1. The second-order valence-electron chi connectivity index (χ2n) is 8.01. The highest BCUT2D eigenvalue weighted by molar-refractivity contribution is 5.70. The molecule has 22 heavy (non-hydrogen) atoms. The normalized spacial score (nSPS) is 37.8. The van der Waals surface area contributed by atoms with Gasteiger partial charge < -0.3 is 10.4 Å². The lowest BCUT2D eigenvalue weighted by Gasteiger charge is -2.42. The van der Waals surface area contributed by atoms with Gasteiger partial charge in [-0.05, 0) is 50.4 Å². The average molecular weight is 307 g/mol. The van der Waals surface area contributed by atoms with Crippen molar-refractivity contribution < 1.29 is 9.90 Å². The van der Waals surface area contributed by atoms with E-state index in [0.29, 0.717) is 12.1 Å². The fourth-order valence-corrected chi connectivity index (χ4v) is 5.30. The molecule has 3 fully saturated rings. The summed E-state index contributed by atoms with van der Waals surface area (Å²) >= 11 is 0. The van der Waals surface area contributed by atoms with Crippen LogP contribution in [0.15, 0.2) is 0 Å². The van der Waals surface area contributed by atoms with E-state index in [4.69, 9.17) is 5.11 Å². The van der Waals surface area contributed by atoms with Crippen molar-refractivity contribution in [1.29, 1.82) is 0 Å². The molecule has 0 heterocycles. The summed E-state index contributed by atoms with van der Waals surface area (Å²) in [7, 11) is 0. The van der Waals surface area contributed by atoms with Gasteiger partial charge in [-0.2, -0.15) is 0 Å². The molecule has 3 saturated carbocycles. The van der Waals surface area contributed by atoms with Crippen molar-refractivity contribution in [3.05, 3.63) is 0 Å². The molecule has 0 aliphatic heterocycles. The van der Waals surface area contributed by atoms with Crippen molar-refractivity contribution in [3.63, 3.8) is 0 Å². The molecule has 0 aromatic heterocycles. The maximum atomic E-state index is 11.1. The van der Waals surface area contributed by atoms with E-state index in [-0.39, 0.29) is 5.92 Å². The third kappa shape index (κ3) is 4.04. The quantitative estimate of drug-likeness (QED) is 0.811. The Hall–Kier alpha value is -0.570. The van der Waals surface area contributed by atoms with E-state index >= 15 is 0 Å². The number of carboxylic acid groups (broad SMARTS) is 1. The summed E-state index contributed by atoms with van der Waals surface area (Å²) in [5.41, 5.74) is 0. The molecule has 3 aliphatic carbocycles. The van der Waals surface area contributed by atoms with Crippen molar-refractivity contribution in [3.8, 4) is 0 Å². The van der Waals surface area contributed by atoms with Crippen LogP contribution in [0.25, 0.3) is 0 Å². The van der Waals surface area contributed by atoms with Crippen molar-refractivity contribution >= 4 is 5.97 Å². The maximum absolute atomic E-state index is 11.1. The smallest absolute Gasteiger partial charge is 0.306 e. The summed E-state index contributed by atoms with van der Waals surface area (Å²) in [5, 5.41) is 13.1. The molecule has 3 aliphatic rings. The van der Waals surface area contributed by atoms with Crippen LogP contribution < -0.4 is 5.32 Å². The van der Waals surface area contributed by atoms with Crippen LogP contribution in [0.2, 0.25) is 0 Å². The summed E-state index contributed by atoms with van der Waals surface area (Å²) < 4.78 is 0. The molecule has 3 rings (SSSR count). The van der Waals surface area contributed by atoms with Gasteiger partial charge in [0, 0.05) is 12.1 Å². The fraction of sp³-hybridized carbons (Fsp3) is 0.947. The first-order valence-electron chi connectivity index (χ1n) is 9.73. The molecule has 126 valence electrons. The van der Waals surface area contributed by atoms with Crippen LogP contribution in [0.3, 0.4) is 0 Å². The summed E-state index contributed by atoms with van der Waals surface area (Å²) in [4.78, 5) is 11.1. The highest BCUT2D eigenvalue weighted by Gasteiger charge is 2.34. The lowest BCUT2D eigenvalue weighted by Crippen LogP contribution is -2.48. The summed E-state index contributed by atoms with van der Waals surface area (Å²) in [6, 6.07) is 1.29. The molecule has 2 N–H and O–H groups in total. The van der Waals surface area contributed by atoms with E-state index in [0.717, 1.165) is 37.5 Å². The molecule has 2 unspecified atom stereocenters. The van der Waals surface area contributed by atoms with Crippen LogP contribution in [0.1, 0.15) is 83.5 Å². The SMILES string of the molecule is O=C(O)C1CCC(NC2CCCCC2C2CCCCC2)CC1. The van der Waals surface area contributed by atoms with Gasteiger partial charge in [-0.3, -0.25) is 4.79 Å². The Morgan fingerprint density at radius 2 is 1.41 bits per heavy atom. The number of aliphatic carboxylic acids is 1. The lowest BCUT2D eigenvalue weighted by molar-refractivity contribution is -0.142. The first-order chi connectivity index (χ1) is 10.7. The van der Waals surface area contributed by atoms with Gasteiger partial charge in [0.2, 0.25) is 0 Å². The molecule has 0 aromatic rings. The van der Waals surface area contributed by atoms with Gasteiger partial charge in [-0.1, -0.05) is 44.9 Å². The predicted octanol–water partition coefficient (Wildman–Crippen LogP) is 4.36.